The number of nitrogens with one attached hydrogen (secondary N) is 1. The molecule has 0 atom stereocenters. The van der Waals surface area contributed by atoms with E-state index in [1.165, 1.54) is 11.3 Å². The van der Waals surface area contributed by atoms with Crippen molar-refractivity contribution >= 4 is 27.3 Å². The van der Waals surface area contributed by atoms with E-state index in [2.05, 4.69) is 6.07 Å². The average molecular weight is 307 g/mol. The van der Waals surface area contributed by atoms with E-state index in [4.69, 9.17) is 21.1 Å². The van der Waals surface area contributed by atoms with E-state index < -0.39 is 0 Å². The smallest absolute Gasteiger partial charge is 0.133 e. The molecule has 4 nitrogen and oxygen atoms in total. The summed E-state index contributed by atoms with van der Waals surface area (Å²) in [6.45, 7) is 0.447. The number of hydrogen-bond acceptors (Lipinski definition) is 4. The lowest BCUT2D eigenvalue weighted by molar-refractivity contribution is 0.306. The van der Waals surface area contributed by atoms with Crippen LogP contribution in [0.4, 0.5) is 0 Å². The molecular weight excluding hydrogens is 294 g/mol. The molecule has 3 rings (SSSR count). The zero-order valence-corrected chi connectivity index (χ0v) is 12.5. The molecule has 1 heterocycles. The zero-order valence-electron chi connectivity index (χ0n) is 11.7. The first-order valence-electron chi connectivity index (χ1n) is 6.65. The zero-order chi connectivity index (χ0) is 15.5. The first-order valence-corrected chi connectivity index (χ1v) is 7.47. The van der Waals surface area contributed by atoms with Gasteiger partial charge >= 0.3 is 0 Å². The van der Waals surface area contributed by atoms with Gasteiger partial charge in [-0.3, -0.25) is 5.41 Å². The van der Waals surface area contributed by atoms with Crippen molar-refractivity contribution in [3.05, 3.63) is 64.5 Å². The number of rotatable bonds is 4. The maximum absolute atomic E-state index is 8.77. The van der Waals surface area contributed by atoms with E-state index >= 15 is 0 Å². The van der Waals surface area contributed by atoms with Gasteiger partial charge in [0.1, 0.15) is 18.2 Å². The normalized spacial score (nSPS) is 10.3. The molecule has 0 aliphatic heterocycles. The second-order valence-electron chi connectivity index (χ2n) is 4.82. The van der Waals surface area contributed by atoms with Crippen molar-refractivity contribution < 1.29 is 4.74 Å². The fourth-order valence-corrected chi connectivity index (χ4v) is 3.03. The predicted molar refractivity (Wildman–Crippen MR) is 88.3 cm³/mol. The number of ether oxygens (including phenoxy) is 1. The molecule has 0 amide bonds. The molecule has 3 aromatic rings. The van der Waals surface area contributed by atoms with Crippen LogP contribution in [0.1, 0.15) is 16.0 Å². The summed E-state index contributed by atoms with van der Waals surface area (Å²) in [5.41, 5.74) is 7.16. The number of nitrogens with two attached hydrogens (primary N) is 1. The van der Waals surface area contributed by atoms with Crippen molar-refractivity contribution in [1.82, 2.24) is 0 Å². The number of thiophene rings is 1. The Morgan fingerprint density at radius 2 is 1.95 bits per heavy atom. The minimum absolute atomic E-state index is 0.0845. The van der Waals surface area contributed by atoms with Gasteiger partial charge in [0, 0.05) is 4.70 Å². The van der Waals surface area contributed by atoms with Crippen LogP contribution in [0.5, 0.6) is 5.75 Å². The Balaban J connectivity index is 1.75. The Labute approximate surface area is 131 Å². The SMILES string of the molecule is N#Cc1ccc(COc2ccc3cc(C(=N)N)sc3c2)cc1. The number of benzene rings is 2. The molecule has 0 bridgehead atoms. The van der Waals surface area contributed by atoms with Gasteiger partial charge in [0.2, 0.25) is 0 Å². The topological polar surface area (TPSA) is 82.9 Å². The summed E-state index contributed by atoms with van der Waals surface area (Å²) >= 11 is 1.48. The van der Waals surface area contributed by atoms with Crippen LogP contribution >= 0.6 is 11.3 Å². The van der Waals surface area contributed by atoms with E-state index in [1.807, 2.05) is 36.4 Å². The second kappa shape index (κ2) is 5.88. The second-order valence-corrected chi connectivity index (χ2v) is 5.91. The monoisotopic (exact) mass is 307 g/mol. The Morgan fingerprint density at radius 1 is 1.18 bits per heavy atom. The highest BCUT2D eigenvalue weighted by atomic mass is 32.1. The van der Waals surface area contributed by atoms with Crippen molar-refractivity contribution in [1.29, 1.82) is 10.7 Å². The van der Waals surface area contributed by atoms with Crippen molar-refractivity contribution in [2.75, 3.05) is 0 Å². The number of fused-ring (bicyclic) bond motifs is 1. The molecule has 1 aromatic heterocycles. The Bertz CT molecular complexity index is 875. The molecular formula is C17H13N3OS. The van der Waals surface area contributed by atoms with Gasteiger partial charge in [-0.05, 0) is 47.3 Å². The van der Waals surface area contributed by atoms with Crippen molar-refractivity contribution in [2.24, 2.45) is 5.73 Å². The number of amidine groups is 1. The summed E-state index contributed by atoms with van der Waals surface area (Å²) in [5, 5.41) is 17.3. The number of nitriles is 1. The molecule has 0 unspecified atom stereocenters. The van der Waals surface area contributed by atoms with Crippen LogP contribution in [0.3, 0.4) is 0 Å². The Morgan fingerprint density at radius 3 is 2.64 bits per heavy atom. The summed E-state index contributed by atoms with van der Waals surface area (Å²) < 4.78 is 6.83. The lowest BCUT2D eigenvalue weighted by atomic mass is 10.1. The van der Waals surface area contributed by atoms with Crippen LogP contribution in [0.15, 0.2) is 48.5 Å². The van der Waals surface area contributed by atoms with Crippen molar-refractivity contribution in [2.45, 2.75) is 6.61 Å². The van der Waals surface area contributed by atoms with Crippen LogP contribution in [0.25, 0.3) is 10.1 Å². The van der Waals surface area contributed by atoms with E-state index in [0.29, 0.717) is 12.2 Å². The predicted octanol–water partition coefficient (Wildman–Crippen LogP) is 3.64. The summed E-state index contributed by atoms with van der Waals surface area (Å²) in [6.07, 6.45) is 0. The standard InChI is InChI=1S/C17H13N3OS/c18-9-11-1-3-12(4-2-11)10-21-14-6-5-13-7-16(17(19)20)22-15(13)8-14/h1-8H,10H2,(H3,19,20). The first-order chi connectivity index (χ1) is 10.7. The maximum Gasteiger partial charge on any atom is 0.133 e. The highest BCUT2D eigenvalue weighted by Gasteiger charge is 2.05. The average Bonchev–Trinajstić information content (AvgIpc) is 2.97. The number of nitrogens with zero attached hydrogens (tertiary/aromatic N) is 1. The molecule has 0 aliphatic carbocycles. The highest BCUT2D eigenvalue weighted by Crippen LogP contribution is 2.29. The van der Waals surface area contributed by atoms with Crippen molar-refractivity contribution in [3.8, 4) is 11.8 Å². The molecule has 0 saturated heterocycles. The van der Waals surface area contributed by atoms with Crippen LogP contribution in [-0.4, -0.2) is 5.84 Å². The summed E-state index contributed by atoms with van der Waals surface area (Å²) in [5.74, 6) is 0.857. The van der Waals surface area contributed by atoms with Gasteiger partial charge in [-0.1, -0.05) is 12.1 Å². The third-order valence-corrected chi connectivity index (χ3v) is 4.38. The van der Waals surface area contributed by atoms with E-state index in [9.17, 15) is 0 Å². The van der Waals surface area contributed by atoms with Crippen LogP contribution in [0.2, 0.25) is 0 Å². The van der Waals surface area contributed by atoms with Crippen LogP contribution < -0.4 is 10.5 Å². The van der Waals surface area contributed by atoms with Crippen LogP contribution in [0, 0.1) is 16.7 Å². The van der Waals surface area contributed by atoms with Gasteiger partial charge in [-0.2, -0.15) is 5.26 Å². The molecule has 22 heavy (non-hydrogen) atoms. The molecule has 108 valence electrons. The first kappa shape index (κ1) is 14.1. The molecule has 0 spiro atoms. The van der Waals surface area contributed by atoms with E-state index in [0.717, 1.165) is 26.3 Å². The van der Waals surface area contributed by atoms with Gasteiger partial charge in [0.15, 0.2) is 0 Å². The van der Waals surface area contributed by atoms with E-state index in [1.54, 1.807) is 12.1 Å². The minimum atomic E-state index is 0.0845. The lowest BCUT2D eigenvalue weighted by Crippen LogP contribution is -2.08. The van der Waals surface area contributed by atoms with Crippen LogP contribution in [-0.2, 0) is 6.61 Å². The lowest BCUT2D eigenvalue weighted by Gasteiger charge is -2.06. The fourth-order valence-electron chi connectivity index (χ4n) is 2.08. The third kappa shape index (κ3) is 2.92. The van der Waals surface area contributed by atoms with Gasteiger partial charge in [-0.15, -0.1) is 11.3 Å². The minimum Gasteiger partial charge on any atom is -0.489 e. The molecule has 0 aliphatic rings. The van der Waals surface area contributed by atoms with E-state index in [-0.39, 0.29) is 5.84 Å². The van der Waals surface area contributed by atoms with Gasteiger partial charge < -0.3 is 10.5 Å². The summed E-state index contributed by atoms with van der Waals surface area (Å²) in [6, 6.07) is 17.2. The summed E-state index contributed by atoms with van der Waals surface area (Å²) in [4.78, 5) is 0.763. The third-order valence-electron chi connectivity index (χ3n) is 3.25. The quantitative estimate of drug-likeness (QED) is 0.570. The van der Waals surface area contributed by atoms with Gasteiger partial charge in [-0.25, -0.2) is 0 Å². The Kier molecular flexibility index (Phi) is 3.77. The highest BCUT2D eigenvalue weighted by molar-refractivity contribution is 7.20. The molecule has 2 aromatic carbocycles. The molecule has 5 heteroatoms. The molecule has 0 fully saturated rings. The number of hydrogen-bond donors (Lipinski definition) is 2. The Hall–Kier alpha value is -2.84. The fraction of sp³-hybridized carbons (Fsp3) is 0.0588. The number of nitrogen functional groups attached to an aromatic ring is 1. The molecule has 0 saturated carbocycles. The van der Waals surface area contributed by atoms with Gasteiger partial charge in [0.25, 0.3) is 0 Å². The largest absolute Gasteiger partial charge is 0.489 e. The molecule has 3 N–H and O–H groups in total. The van der Waals surface area contributed by atoms with Crippen molar-refractivity contribution in [3.63, 3.8) is 0 Å². The maximum atomic E-state index is 8.77. The van der Waals surface area contributed by atoms with Gasteiger partial charge in [0.05, 0.1) is 16.5 Å². The summed E-state index contributed by atoms with van der Waals surface area (Å²) in [7, 11) is 0. The molecule has 0 radical (unpaired) electrons.